The number of carbonyl (C=O) groups excluding carboxylic acids is 1. The number of fused-ring (bicyclic) bond motifs is 1. The van der Waals surface area contributed by atoms with Crippen LogP contribution in [0.5, 0.6) is 0 Å². The van der Waals surface area contributed by atoms with Gasteiger partial charge in [-0.1, -0.05) is 0 Å². The Morgan fingerprint density at radius 3 is 2.80 bits per heavy atom. The van der Waals surface area contributed by atoms with Crippen LogP contribution >= 0.6 is 0 Å². The van der Waals surface area contributed by atoms with E-state index in [1.807, 2.05) is 0 Å². The molecule has 4 heteroatoms. The van der Waals surface area contributed by atoms with Crippen molar-refractivity contribution in [2.24, 2.45) is 0 Å². The van der Waals surface area contributed by atoms with E-state index in [2.05, 4.69) is 22.5 Å². The standard InChI is InChI=1S/C16H24N2O2/c1-13-12-14-15(4-2-5-16(14)19)18(13)7-3-6-17-8-10-20-11-9-17/h12H,2-11H2,1H3. The molecule has 1 aromatic heterocycles. The van der Waals surface area contributed by atoms with Gasteiger partial charge in [0.2, 0.25) is 0 Å². The van der Waals surface area contributed by atoms with E-state index < -0.39 is 0 Å². The summed E-state index contributed by atoms with van der Waals surface area (Å²) in [6.45, 7) is 8.14. The maximum Gasteiger partial charge on any atom is 0.164 e. The molecule has 0 N–H and O–H groups in total. The van der Waals surface area contributed by atoms with Crippen LogP contribution in [0.2, 0.25) is 0 Å². The average Bonchev–Trinajstić information content (AvgIpc) is 2.78. The van der Waals surface area contributed by atoms with Gasteiger partial charge in [0, 0.05) is 49.6 Å². The zero-order valence-electron chi connectivity index (χ0n) is 12.4. The second-order valence-electron chi connectivity index (χ2n) is 5.88. The third-order valence-electron chi connectivity index (χ3n) is 4.49. The maximum absolute atomic E-state index is 11.9. The van der Waals surface area contributed by atoms with Gasteiger partial charge in [0.1, 0.15) is 0 Å². The molecular formula is C16H24N2O2. The van der Waals surface area contributed by atoms with E-state index in [9.17, 15) is 4.79 Å². The van der Waals surface area contributed by atoms with Crippen LogP contribution in [0, 0.1) is 6.92 Å². The fraction of sp³-hybridized carbons (Fsp3) is 0.688. The summed E-state index contributed by atoms with van der Waals surface area (Å²) in [5, 5.41) is 0. The van der Waals surface area contributed by atoms with Gasteiger partial charge in [-0.25, -0.2) is 0 Å². The Morgan fingerprint density at radius 2 is 2.00 bits per heavy atom. The number of aryl methyl sites for hydroxylation is 1. The van der Waals surface area contributed by atoms with Crippen molar-refractivity contribution >= 4 is 5.78 Å². The quantitative estimate of drug-likeness (QED) is 0.844. The second kappa shape index (κ2) is 6.10. The lowest BCUT2D eigenvalue weighted by Gasteiger charge is -2.26. The van der Waals surface area contributed by atoms with Crippen LogP contribution < -0.4 is 0 Å². The first-order valence-corrected chi connectivity index (χ1v) is 7.78. The lowest BCUT2D eigenvalue weighted by atomic mass is 9.96. The van der Waals surface area contributed by atoms with Crippen LogP contribution in [0.4, 0.5) is 0 Å². The Morgan fingerprint density at radius 1 is 1.20 bits per heavy atom. The molecule has 0 atom stereocenters. The maximum atomic E-state index is 11.9. The Hall–Kier alpha value is -1.13. The number of hydrogen-bond acceptors (Lipinski definition) is 3. The number of Topliss-reactive ketones (excluding diaryl/α,β-unsaturated/α-hetero) is 1. The van der Waals surface area contributed by atoms with Gasteiger partial charge in [0.25, 0.3) is 0 Å². The van der Waals surface area contributed by atoms with Crippen molar-refractivity contribution in [1.82, 2.24) is 9.47 Å². The van der Waals surface area contributed by atoms with Gasteiger partial charge >= 0.3 is 0 Å². The molecule has 1 saturated heterocycles. The number of ether oxygens (including phenoxy) is 1. The Bertz CT molecular complexity index is 487. The summed E-state index contributed by atoms with van der Waals surface area (Å²) in [5.41, 5.74) is 3.51. The van der Waals surface area contributed by atoms with Crippen molar-refractivity contribution in [1.29, 1.82) is 0 Å². The smallest absolute Gasteiger partial charge is 0.164 e. The molecule has 1 aliphatic heterocycles. The number of carbonyl (C=O) groups is 1. The topological polar surface area (TPSA) is 34.5 Å². The molecule has 0 aromatic carbocycles. The van der Waals surface area contributed by atoms with Crippen molar-refractivity contribution < 1.29 is 9.53 Å². The summed E-state index contributed by atoms with van der Waals surface area (Å²) >= 11 is 0. The average molecular weight is 276 g/mol. The van der Waals surface area contributed by atoms with Gasteiger partial charge in [0.05, 0.1) is 13.2 Å². The molecule has 3 rings (SSSR count). The molecule has 1 aromatic rings. The minimum atomic E-state index is 0.335. The molecule has 110 valence electrons. The Kier molecular flexibility index (Phi) is 4.22. The molecule has 1 fully saturated rings. The summed E-state index contributed by atoms with van der Waals surface area (Å²) in [6.07, 6.45) is 3.95. The Balaban J connectivity index is 1.61. The molecule has 0 radical (unpaired) electrons. The first-order chi connectivity index (χ1) is 9.75. The monoisotopic (exact) mass is 276 g/mol. The summed E-state index contributed by atoms with van der Waals surface area (Å²) in [5.74, 6) is 0.335. The molecule has 1 aliphatic carbocycles. The van der Waals surface area contributed by atoms with Crippen LogP contribution in [-0.4, -0.2) is 48.1 Å². The fourth-order valence-corrected chi connectivity index (χ4v) is 3.38. The van der Waals surface area contributed by atoms with Crippen molar-refractivity contribution in [3.8, 4) is 0 Å². The van der Waals surface area contributed by atoms with Crippen LogP contribution in [0.1, 0.15) is 41.0 Å². The van der Waals surface area contributed by atoms with Crippen LogP contribution in [0.25, 0.3) is 0 Å². The van der Waals surface area contributed by atoms with Crippen LogP contribution in [-0.2, 0) is 17.7 Å². The van der Waals surface area contributed by atoms with Crippen molar-refractivity contribution in [2.45, 2.75) is 39.2 Å². The van der Waals surface area contributed by atoms with Gasteiger partial charge in [-0.05, 0) is 32.3 Å². The number of rotatable bonds is 4. The summed E-state index contributed by atoms with van der Waals surface area (Å²) in [4.78, 5) is 14.4. The highest BCUT2D eigenvalue weighted by molar-refractivity contribution is 5.98. The molecule has 0 amide bonds. The van der Waals surface area contributed by atoms with Gasteiger partial charge < -0.3 is 9.30 Å². The van der Waals surface area contributed by atoms with E-state index in [0.29, 0.717) is 5.78 Å². The first-order valence-electron chi connectivity index (χ1n) is 7.78. The van der Waals surface area contributed by atoms with E-state index >= 15 is 0 Å². The van der Waals surface area contributed by atoms with Gasteiger partial charge in [0.15, 0.2) is 5.78 Å². The first kappa shape index (κ1) is 13.8. The van der Waals surface area contributed by atoms with E-state index in [1.165, 1.54) is 11.4 Å². The summed E-state index contributed by atoms with van der Waals surface area (Å²) < 4.78 is 7.74. The molecule has 0 spiro atoms. The van der Waals surface area contributed by atoms with Crippen molar-refractivity contribution in [3.63, 3.8) is 0 Å². The molecule has 2 aliphatic rings. The lowest BCUT2D eigenvalue weighted by Crippen LogP contribution is -2.37. The Labute approximate surface area is 120 Å². The van der Waals surface area contributed by atoms with E-state index in [4.69, 9.17) is 4.74 Å². The fourth-order valence-electron chi connectivity index (χ4n) is 3.38. The molecule has 20 heavy (non-hydrogen) atoms. The normalized spacial score (nSPS) is 20.1. The van der Waals surface area contributed by atoms with Gasteiger partial charge in [-0.3, -0.25) is 9.69 Å². The minimum absolute atomic E-state index is 0.335. The van der Waals surface area contributed by atoms with E-state index in [-0.39, 0.29) is 0 Å². The number of morpholine rings is 1. The van der Waals surface area contributed by atoms with Crippen LogP contribution in [0.15, 0.2) is 6.07 Å². The highest BCUT2D eigenvalue weighted by Crippen LogP contribution is 2.25. The second-order valence-corrected chi connectivity index (χ2v) is 5.88. The predicted molar refractivity (Wildman–Crippen MR) is 78.3 cm³/mol. The zero-order valence-corrected chi connectivity index (χ0v) is 12.4. The van der Waals surface area contributed by atoms with Crippen molar-refractivity contribution in [2.75, 3.05) is 32.8 Å². The third-order valence-corrected chi connectivity index (χ3v) is 4.49. The molecule has 2 heterocycles. The zero-order chi connectivity index (χ0) is 13.9. The van der Waals surface area contributed by atoms with Crippen LogP contribution in [0.3, 0.4) is 0 Å². The number of nitrogens with zero attached hydrogens (tertiary/aromatic N) is 2. The van der Waals surface area contributed by atoms with Gasteiger partial charge in [-0.15, -0.1) is 0 Å². The van der Waals surface area contributed by atoms with E-state index in [1.54, 1.807) is 0 Å². The largest absolute Gasteiger partial charge is 0.379 e. The minimum Gasteiger partial charge on any atom is -0.379 e. The highest BCUT2D eigenvalue weighted by atomic mass is 16.5. The molecule has 0 unspecified atom stereocenters. The SMILES string of the molecule is Cc1cc2c(n1CCCN1CCOCC1)CCCC2=O. The number of ketones is 1. The predicted octanol–water partition coefficient (Wildman–Crippen LogP) is 2.04. The number of hydrogen-bond donors (Lipinski definition) is 0. The van der Waals surface area contributed by atoms with E-state index in [0.717, 1.165) is 70.6 Å². The lowest BCUT2D eigenvalue weighted by molar-refractivity contribution is 0.0369. The molecular weight excluding hydrogens is 252 g/mol. The van der Waals surface area contributed by atoms with Crippen molar-refractivity contribution in [3.05, 3.63) is 23.0 Å². The van der Waals surface area contributed by atoms with Gasteiger partial charge in [-0.2, -0.15) is 0 Å². The molecule has 0 bridgehead atoms. The highest BCUT2D eigenvalue weighted by Gasteiger charge is 2.22. The summed E-state index contributed by atoms with van der Waals surface area (Å²) in [7, 11) is 0. The molecule has 4 nitrogen and oxygen atoms in total. The molecule has 0 saturated carbocycles. The summed E-state index contributed by atoms with van der Waals surface area (Å²) in [6, 6.07) is 2.09. The third kappa shape index (κ3) is 2.81. The number of aromatic nitrogens is 1.